The predicted molar refractivity (Wildman–Crippen MR) is 190 cm³/mol. The fourth-order valence-electron chi connectivity index (χ4n) is 7.22. The van der Waals surface area contributed by atoms with E-state index in [0.29, 0.717) is 0 Å². The minimum Gasteiger partial charge on any atom is -0.291 e. The van der Waals surface area contributed by atoms with E-state index in [1.165, 1.54) is 63.3 Å². The summed E-state index contributed by atoms with van der Waals surface area (Å²) in [6.45, 7) is 0. The Kier molecular flexibility index (Phi) is 4.90. The molecule has 10 aromatic rings. The zero-order valence-corrected chi connectivity index (χ0v) is 24.5. The molecule has 0 bridgehead atoms. The summed E-state index contributed by atoms with van der Waals surface area (Å²) in [6.07, 6.45) is 0. The first-order valence-corrected chi connectivity index (χ1v) is 15.8. The van der Waals surface area contributed by atoms with Crippen molar-refractivity contribution in [2.24, 2.45) is 0 Å². The highest BCUT2D eigenvalue weighted by Crippen LogP contribution is 2.43. The van der Waals surface area contributed by atoms with Gasteiger partial charge in [-0.25, -0.2) is 4.98 Å². The van der Waals surface area contributed by atoms with Gasteiger partial charge >= 0.3 is 0 Å². The van der Waals surface area contributed by atoms with Crippen LogP contribution in [0.5, 0.6) is 0 Å². The molecule has 0 aliphatic heterocycles. The van der Waals surface area contributed by atoms with Crippen molar-refractivity contribution in [1.29, 1.82) is 0 Å². The van der Waals surface area contributed by atoms with E-state index in [4.69, 9.17) is 4.98 Å². The predicted octanol–water partition coefficient (Wildman–Crippen LogP) is 11.7. The minimum absolute atomic E-state index is 0.971. The fraction of sp³-hybridized carbons (Fsp3) is 0. The number of hydrogen-bond acceptors (Lipinski definition) is 2. The number of imidazole rings is 1. The molecule has 0 aliphatic carbocycles. The summed E-state index contributed by atoms with van der Waals surface area (Å²) in [5, 5.41) is 12.4. The smallest absolute Gasteiger partial charge is 0.147 e. The van der Waals surface area contributed by atoms with Crippen molar-refractivity contribution < 1.29 is 0 Å². The number of fused-ring (bicyclic) bond motifs is 11. The third-order valence-electron chi connectivity index (χ3n) is 9.15. The number of hydrogen-bond donors (Lipinski definition) is 0. The third-order valence-corrected chi connectivity index (χ3v) is 10.4. The van der Waals surface area contributed by atoms with E-state index in [9.17, 15) is 0 Å². The quantitative estimate of drug-likeness (QED) is 0.190. The van der Waals surface area contributed by atoms with Gasteiger partial charge in [-0.05, 0) is 62.6 Å². The monoisotopic (exact) mass is 576 g/mol. The zero-order chi connectivity index (χ0) is 28.8. The van der Waals surface area contributed by atoms with Gasteiger partial charge in [-0.2, -0.15) is 0 Å². The molecule has 0 radical (unpaired) electrons. The topological polar surface area (TPSA) is 17.3 Å². The number of benzene rings is 7. The second kappa shape index (κ2) is 9.00. The molecule has 0 aliphatic rings. The molecular formula is C41H24N2S. The van der Waals surface area contributed by atoms with Crippen LogP contribution in [0.3, 0.4) is 0 Å². The maximum atomic E-state index is 5.44. The molecule has 3 heteroatoms. The van der Waals surface area contributed by atoms with E-state index in [1.54, 1.807) is 0 Å². The van der Waals surface area contributed by atoms with Crippen LogP contribution in [-0.4, -0.2) is 9.38 Å². The largest absolute Gasteiger partial charge is 0.291 e. The van der Waals surface area contributed by atoms with E-state index < -0.39 is 0 Å². The van der Waals surface area contributed by atoms with Crippen molar-refractivity contribution in [3.8, 4) is 11.4 Å². The Bertz CT molecular complexity index is 2840. The number of para-hydroxylation sites is 2. The minimum atomic E-state index is 0.971. The van der Waals surface area contributed by atoms with Crippen LogP contribution >= 0.6 is 11.3 Å². The first-order chi connectivity index (χ1) is 21.8. The Labute approximate surface area is 256 Å². The van der Waals surface area contributed by atoms with Crippen LogP contribution in [0, 0.1) is 0 Å². The second-order valence-corrected chi connectivity index (χ2v) is 12.6. The molecule has 10 rings (SSSR count). The first kappa shape index (κ1) is 24.0. The Balaban J connectivity index is 1.47. The number of thiophene rings is 1. The average molecular weight is 577 g/mol. The molecule has 3 aromatic heterocycles. The Morgan fingerprint density at radius 3 is 1.80 bits per heavy atom. The Morgan fingerprint density at radius 2 is 1.02 bits per heavy atom. The average Bonchev–Trinajstić information content (AvgIpc) is 3.66. The molecule has 0 saturated carbocycles. The van der Waals surface area contributed by atoms with Crippen molar-refractivity contribution in [2.75, 3.05) is 0 Å². The molecule has 0 spiro atoms. The second-order valence-electron chi connectivity index (χ2n) is 11.5. The lowest BCUT2D eigenvalue weighted by Gasteiger charge is -2.07. The molecular weight excluding hydrogens is 553 g/mol. The Morgan fingerprint density at radius 1 is 0.455 bits per heavy atom. The molecule has 0 unspecified atom stereocenters. The van der Waals surface area contributed by atoms with Gasteiger partial charge in [0.25, 0.3) is 0 Å². The summed E-state index contributed by atoms with van der Waals surface area (Å²) in [4.78, 5) is 5.44. The molecule has 7 aromatic carbocycles. The standard InChI is InChI=1S/C41H24N2S/c1-2-12-26-24-38-35(23-25(26)11-1)33-19-9-20-34(40(33)44-38)41-42-36-21-10-18-32-30-16-6-4-14-28(30)27-13-3-5-15-29(27)31-17-7-8-22-37(31)43(41)39(32)36/h1-24H. The van der Waals surface area contributed by atoms with E-state index >= 15 is 0 Å². The van der Waals surface area contributed by atoms with Gasteiger partial charge in [0.1, 0.15) is 5.82 Å². The normalized spacial score (nSPS) is 12.1. The molecule has 3 heterocycles. The summed E-state index contributed by atoms with van der Waals surface area (Å²) in [7, 11) is 0. The highest BCUT2D eigenvalue weighted by atomic mass is 32.1. The van der Waals surface area contributed by atoms with Gasteiger partial charge in [-0.1, -0.05) is 115 Å². The van der Waals surface area contributed by atoms with Gasteiger partial charge in [0.2, 0.25) is 0 Å². The van der Waals surface area contributed by atoms with Crippen LogP contribution in [0.4, 0.5) is 0 Å². The lowest BCUT2D eigenvalue weighted by molar-refractivity contribution is 1.23. The van der Waals surface area contributed by atoms with Crippen LogP contribution in [0.25, 0.3) is 91.2 Å². The first-order valence-electron chi connectivity index (χ1n) is 15.0. The molecule has 0 fully saturated rings. The van der Waals surface area contributed by atoms with E-state index in [-0.39, 0.29) is 0 Å². The maximum Gasteiger partial charge on any atom is 0.147 e. The van der Waals surface area contributed by atoms with E-state index in [2.05, 4.69) is 150 Å². The number of nitrogens with zero attached hydrogens (tertiary/aromatic N) is 2. The van der Waals surface area contributed by atoms with Crippen molar-refractivity contribution in [3.05, 3.63) is 146 Å². The lowest BCUT2D eigenvalue weighted by Crippen LogP contribution is -1.91. The van der Waals surface area contributed by atoms with Gasteiger partial charge in [0, 0.05) is 36.5 Å². The summed E-state index contributed by atoms with van der Waals surface area (Å²) in [5.41, 5.74) is 4.43. The van der Waals surface area contributed by atoms with Gasteiger partial charge in [-0.15, -0.1) is 11.3 Å². The van der Waals surface area contributed by atoms with Crippen LogP contribution < -0.4 is 0 Å². The SMILES string of the molecule is c1ccc2cc3c(cc2c1)sc1c(-c2nc4cccc5c6ccccc6c6ccccc6c6ccccc6n2c45)cccc13. The van der Waals surface area contributed by atoms with Crippen LogP contribution in [0.1, 0.15) is 0 Å². The van der Waals surface area contributed by atoms with E-state index in [1.807, 2.05) is 11.3 Å². The summed E-state index contributed by atoms with van der Waals surface area (Å²) in [6, 6.07) is 53.0. The van der Waals surface area contributed by atoms with Gasteiger partial charge in [0.15, 0.2) is 0 Å². The maximum absolute atomic E-state index is 5.44. The fourth-order valence-corrected chi connectivity index (χ4v) is 8.46. The van der Waals surface area contributed by atoms with Crippen molar-refractivity contribution in [1.82, 2.24) is 9.38 Å². The van der Waals surface area contributed by atoms with Crippen molar-refractivity contribution in [2.45, 2.75) is 0 Å². The van der Waals surface area contributed by atoms with Crippen LogP contribution in [-0.2, 0) is 0 Å². The molecule has 0 N–H and O–H groups in total. The lowest BCUT2D eigenvalue weighted by atomic mass is 10.0. The van der Waals surface area contributed by atoms with Gasteiger partial charge in [-0.3, -0.25) is 4.40 Å². The molecule has 0 atom stereocenters. The van der Waals surface area contributed by atoms with Crippen LogP contribution in [0.2, 0.25) is 0 Å². The van der Waals surface area contributed by atoms with Gasteiger partial charge < -0.3 is 0 Å². The summed E-state index contributed by atoms with van der Waals surface area (Å²) in [5.74, 6) is 0.971. The number of aromatic nitrogens is 2. The molecule has 0 saturated heterocycles. The highest BCUT2D eigenvalue weighted by molar-refractivity contribution is 7.26. The summed E-state index contributed by atoms with van der Waals surface area (Å²) < 4.78 is 4.99. The highest BCUT2D eigenvalue weighted by Gasteiger charge is 2.19. The summed E-state index contributed by atoms with van der Waals surface area (Å²) >= 11 is 1.87. The van der Waals surface area contributed by atoms with Crippen molar-refractivity contribution >= 4 is 91.1 Å². The zero-order valence-electron chi connectivity index (χ0n) is 23.7. The van der Waals surface area contributed by atoms with Crippen molar-refractivity contribution in [3.63, 3.8) is 0 Å². The van der Waals surface area contributed by atoms with Gasteiger partial charge in [0.05, 0.1) is 16.6 Å². The molecule has 0 amide bonds. The number of rotatable bonds is 1. The van der Waals surface area contributed by atoms with E-state index in [0.717, 1.165) is 27.9 Å². The third kappa shape index (κ3) is 3.27. The molecule has 204 valence electrons. The Hall–Kier alpha value is -5.51. The molecule has 2 nitrogen and oxygen atoms in total. The molecule has 44 heavy (non-hydrogen) atoms. The van der Waals surface area contributed by atoms with Crippen LogP contribution in [0.15, 0.2) is 146 Å².